The highest BCUT2D eigenvalue weighted by atomic mass is 35.5. The second-order valence-electron chi connectivity index (χ2n) is 2.83. The van der Waals surface area contributed by atoms with Gasteiger partial charge in [0, 0.05) is 0 Å². The van der Waals surface area contributed by atoms with E-state index in [1.165, 1.54) is 0 Å². The summed E-state index contributed by atoms with van der Waals surface area (Å²) in [6.07, 6.45) is -2.92. The smallest absolute Gasteiger partial charge is 0.360 e. The van der Waals surface area contributed by atoms with Crippen LogP contribution < -0.4 is 0 Å². The number of carbonyl (C=O) groups excluding carboxylic acids is 1. The molecule has 1 rings (SSSR count). The molecule has 0 spiro atoms. The Balaban J connectivity index is 3.37. The largest absolute Gasteiger partial charge is 0.505 e. The van der Waals surface area contributed by atoms with Crippen LogP contribution in [0.25, 0.3) is 0 Å². The van der Waals surface area contributed by atoms with Crippen LogP contribution >= 0.6 is 11.6 Å². The summed E-state index contributed by atoms with van der Waals surface area (Å²) in [5.41, 5.74) is -1.18. The van der Waals surface area contributed by atoms with Gasteiger partial charge in [-0.15, -0.1) is 11.6 Å². The highest BCUT2D eigenvalue weighted by molar-refractivity contribution is 6.16. The van der Waals surface area contributed by atoms with Crippen LogP contribution in [0.2, 0.25) is 0 Å². The Morgan fingerprint density at radius 3 is 2.75 bits per heavy atom. The molecule has 88 valence electrons. The van der Waals surface area contributed by atoms with Crippen LogP contribution in [0.1, 0.15) is 28.2 Å². The first-order valence-electron chi connectivity index (χ1n) is 4.16. The fourth-order valence-corrected chi connectivity index (χ4v) is 1.22. The first kappa shape index (κ1) is 12.6. The summed E-state index contributed by atoms with van der Waals surface area (Å²) in [5, 5.41) is 9.39. The van der Waals surface area contributed by atoms with Gasteiger partial charge in [-0.3, -0.25) is 0 Å². The molecule has 0 saturated carbocycles. The van der Waals surface area contributed by atoms with Crippen molar-refractivity contribution in [1.29, 1.82) is 0 Å². The van der Waals surface area contributed by atoms with Crippen molar-refractivity contribution >= 4 is 17.6 Å². The zero-order valence-electron chi connectivity index (χ0n) is 8.21. The van der Waals surface area contributed by atoms with E-state index < -0.39 is 29.4 Å². The molecule has 0 atom stereocenters. The fraction of sp³-hybridized carbons (Fsp3) is 0.333. The molecule has 0 saturated heterocycles. The number of ether oxygens (including phenoxy) is 1. The SMILES string of the molecule is COC(=O)c1nc(CCl)cc(C(F)F)c1O. The fourth-order valence-electron chi connectivity index (χ4n) is 1.09. The van der Waals surface area contributed by atoms with E-state index in [9.17, 15) is 18.7 Å². The number of nitrogens with zero attached hydrogens (tertiary/aromatic N) is 1. The van der Waals surface area contributed by atoms with Gasteiger partial charge in [0.25, 0.3) is 6.43 Å². The quantitative estimate of drug-likeness (QED) is 0.661. The van der Waals surface area contributed by atoms with Crippen molar-refractivity contribution in [2.45, 2.75) is 12.3 Å². The summed E-state index contributed by atoms with van der Waals surface area (Å²) in [6.45, 7) is 0. The van der Waals surface area contributed by atoms with E-state index in [0.29, 0.717) is 0 Å². The van der Waals surface area contributed by atoms with E-state index >= 15 is 0 Å². The maximum absolute atomic E-state index is 12.5. The van der Waals surface area contributed by atoms with Crippen molar-refractivity contribution in [3.63, 3.8) is 0 Å². The van der Waals surface area contributed by atoms with Gasteiger partial charge in [-0.2, -0.15) is 0 Å². The van der Waals surface area contributed by atoms with Gasteiger partial charge in [-0.25, -0.2) is 18.6 Å². The van der Waals surface area contributed by atoms with Crippen LogP contribution in [0.4, 0.5) is 8.78 Å². The molecule has 0 amide bonds. The molecule has 0 unspecified atom stereocenters. The average Bonchev–Trinajstić information content (AvgIpc) is 2.28. The summed E-state index contributed by atoms with van der Waals surface area (Å²) in [6, 6.07) is 0.944. The van der Waals surface area contributed by atoms with E-state index in [1.807, 2.05) is 0 Å². The Hall–Kier alpha value is -1.43. The molecule has 0 bridgehead atoms. The monoisotopic (exact) mass is 251 g/mol. The zero-order chi connectivity index (χ0) is 12.3. The molecule has 0 aliphatic heterocycles. The van der Waals surface area contributed by atoms with Crippen LogP contribution in [0.3, 0.4) is 0 Å². The van der Waals surface area contributed by atoms with Gasteiger partial charge in [-0.05, 0) is 6.07 Å². The Morgan fingerprint density at radius 1 is 1.69 bits per heavy atom. The van der Waals surface area contributed by atoms with E-state index in [1.54, 1.807) is 0 Å². The van der Waals surface area contributed by atoms with Crippen molar-refractivity contribution in [3.05, 3.63) is 23.0 Å². The number of pyridine rings is 1. The van der Waals surface area contributed by atoms with Crippen molar-refractivity contribution in [1.82, 2.24) is 4.98 Å². The molecule has 1 aromatic heterocycles. The molecular weight excluding hydrogens is 244 g/mol. The molecule has 0 aliphatic rings. The first-order chi connectivity index (χ1) is 7.51. The maximum atomic E-state index is 12.5. The topological polar surface area (TPSA) is 59.4 Å². The van der Waals surface area contributed by atoms with Gasteiger partial charge < -0.3 is 9.84 Å². The van der Waals surface area contributed by atoms with Gasteiger partial charge in [0.1, 0.15) is 0 Å². The Bertz CT molecular complexity index is 412. The van der Waals surface area contributed by atoms with Crippen LogP contribution in [0.5, 0.6) is 5.75 Å². The number of methoxy groups -OCH3 is 1. The minimum atomic E-state index is -2.92. The Kier molecular flexibility index (Phi) is 4.00. The number of aromatic hydroxyl groups is 1. The molecule has 1 heterocycles. The van der Waals surface area contributed by atoms with Crippen molar-refractivity contribution < 1.29 is 23.4 Å². The summed E-state index contributed by atoms with van der Waals surface area (Å²) in [7, 11) is 1.05. The number of halogens is 3. The van der Waals surface area contributed by atoms with Gasteiger partial charge in [-0.1, -0.05) is 0 Å². The van der Waals surface area contributed by atoms with Crippen LogP contribution in [0.15, 0.2) is 6.07 Å². The maximum Gasteiger partial charge on any atom is 0.360 e. The number of hydrogen-bond acceptors (Lipinski definition) is 4. The zero-order valence-corrected chi connectivity index (χ0v) is 8.96. The van der Waals surface area contributed by atoms with Gasteiger partial charge in [0.2, 0.25) is 0 Å². The van der Waals surface area contributed by atoms with Crippen LogP contribution in [0, 0.1) is 0 Å². The predicted octanol–water partition coefficient (Wildman–Crippen LogP) is 2.25. The third-order valence-electron chi connectivity index (χ3n) is 1.83. The van der Waals surface area contributed by atoms with Crippen LogP contribution in [-0.2, 0) is 10.6 Å². The number of carbonyl (C=O) groups is 1. The molecule has 4 nitrogen and oxygen atoms in total. The molecule has 1 aromatic rings. The number of alkyl halides is 3. The highest BCUT2D eigenvalue weighted by Gasteiger charge is 2.23. The van der Waals surface area contributed by atoms with Crippen molar-refractivity contribution in [3.8, 4) is 5.75 Å². The Morgan fingerprint density at radius 2 is 2.31 bits per heavy atom. The third kappa shape index (κ3) is 2.38. The first-order valence-corrected chi connectivity index (χ1v) is 4.70. The number of rotatable bonds is 3. The summed E-state index contributed by atoms with van der Waals surface area (Å²) < 4.78 is 29.3. The van der Waals surface area contributed by atoms with E-state index in [2.05, 4.69) is 9.72 Å². The lowest BCUT2D eigenvalue weighted by Gasteiger charge is -2.09. The summed E-state index contributed by atoms with van der Waals surface area (Å²) in [4.78, 5) is 14.8. The minimum Gasteiger partial charge on any atom is -0.505 e. The molecule has 0 aliphatic carbocycles. The molecule has 0 fully saturated rings. The van der Waals surface area contributed by atoms with E-state index in [4.69, 9.17) is 11.6 Å². The molecule has 1 N–H and O–H groups in total. The van der Waals surface area contributed by atoms with Gasteiger partial charge in [0.15, 0.2) is 11.4 Å². The second-order valence-corrected chi connectivity index (χ2v) is 3.09. The lowest BCUT2D eigenvalue weighted by molar-refractivity contribution is 0.0589. The van der Waals surface area contributed by atoms with Gasteiger partial charge in [0.05, 0.1) is 24.2 Å². The standard InChI is InChI=1S/C9H8ClF2NO3/c1-16-9(15)6-7(14)5(8(11)12)2-4(3-10)13-6/h2,8,14H,3H2,1H3. The van der Waals surface area contributed by atoms with Crippen molar-refractivity contribution in [2.75, 3.05) is 7.11 Å². The predicted molar refractivity (Wildman–Crippen MR) is 51.8 cm³/mol. The molecular formula is C9H8ClF2NO3. The normalized spacial score (nSPS) is 10.6. The van der Waals surface area contributed by atoms with Crippen LogP contribution in [-0.4, -0.2) is 23.2 Å². The molecule has 0 radical (unpaired) electrons. The van der Waals surface area contributed by atoms with E-state index in [-0.39, 0.29) is 11.6 Å². The number of esters is 1. The number of hydrogen-bond donors (Lipinski definition) is 1. The highest BCUT2D eigenvalue weighted by Crippen LogP contribution is 2.31. The molecule has 0 aromatic carbocycles. The lowest BCUT2D eigenvalue weighted by atomic mass is 10.1. The lowest BCUT2D eigenvalue weighted by Crippen LogP contribution is -2.08. The average molecular weight is 252 g/mol. The third-order valence-corrected chi connectivity index (χ3v) is 2.10. The number of aromatic nitrogens is 1. The van der Waals surface area contributed by atoms with Crippen molar-refractivity contribution in [2.24, 2.45) is 0 Å². The minimum absolute atomic E-state index is 0.0650. The summed E-state index contributed by atoms with van der Waals surface area (Å²) >= 11 is 5.43. The second kappa shape index (κ2) is 5.07. The molecule has 7 heteroatoms. The molecule has 16 heavy (non-hydrogen) atoms. The van der Waals surface area contributed by atoms with Gasteiger partial charge >= 0.3 is 5.97 Å². The van der Waals surface area contributed by atoms with E-state index in [0.717, 1.165) is 13.2 Å². The summed E-state index contributed by atoms with van der Waals surface area (Å²) in [5.74, 6) is -2.02. The Labute approximate surface area is 94.8 Å².